The van der Waals surface area contributed by atoms with Crippen LogP contribution in [0.1, 0.15) is 40.0 Å². The molecule has 2 heteroatoms. The van der Waals surface area contributed by atoms with Crippen molar-refractivity contribution in [3.8, 4) is 0 Å². The number of carboxylic acids is 1. The zero-order valence-corrected chi connectivity index (χ0v) is 8.13. The van der Waals surface area contributed by atoms with E-state index in [4.69, 9.17) is 5.11 Å². The van der Waals surface area contributed by atoms with Crippen molar-refractivity contribution in [2.75, 3.05) is 0 Å². The lowest BCUT2D eigenvalue weighted by molar-refractivity contribution is -0.132. The third kappa shape index (κ3) is 4.16. The van der Waals surface area contributed by atoms with Gasteiger partial charge in [0.15, 0.2) is 0 Å². The average Bonchev–Trinajstić information content (AvgIpc) is 2.05. The highest BCUT2D eigenvalue weighted by Crippen LogP contribution is 2.14. The molecule has 0 saturated carbocycles. The highest BCUT2D eigenvalue weighted by molar-refractivity contribution is 5.85. The molecule has 2 nitrogen and oxygen atoms in total. The minimum Gasteiger partial charge on any atom is -0.478 e. The van der Waals surface area contributed by atoms with Gasteiger partial charge in [0.1, 0.15) is 0 Å². The minimum absolute atomic E-state index is 0.460. The first-order valence-corrected chi connectivity index (χ1v) is 4.51. The van der Waals surface area contributed by atoms with Crippen LogP contribution >= 0.6 is 0 Å². The van der Waals surface area contributed by atoms with Crippen LogP contribution < -0.4 is 0 Å². The Morgan fingerprint density at radius 1 is 1.42 bits per heavy atom. The Bertz CT molecular complexity index is 167. The molecule has 0 unspecified atom stereocenters. The van der Waals surface area contributed by atoms with Crippen molar-refractivity contribution >= 4 is 5.97 Å². The van der Waals surface area contributed by atoms with Crippen molar-refractivity contribution in [1.29, 1.82) is 0 Å². The summed E-state index contributed by atoms with van der Waals surface area (Å²) >= 11 is 0. The van der Waals surface area contributed by atoms with Crippen LogP contribution in [0.3, 0.4) is 0 Å². The van der Waals surface area contributed by atoms with E-state index < -0.39 is 5.97 Å². The van der Waals surface area contributed by atoms with E-state index in [2.05, 4.69) is 13.8 Å². The summed E-state index contributed by atoms with van der Waals surface area (Å²) in [5, 5.41) is 8.57. The Labute approximate surface area is 74.3 Å². The predicted octanol–water partition coefficient (Wildman–Crippen LogP) is 2.84. The fourth-order valence-electron chi connectivity index (χ4n) is 1.05. The molecule has 0 aromatic heterocycles. The Balaban J connectivity index is 3.93. The SMILES string of the molecule is CCC(CC)CC=C(C)C(=O)O. The molecule has 0 bridgehead atoms. The molecule has 0 aliphatic carbocycles. The van der Waals surface area contributed by atoms with Crippen LogP contribution in [0.15, 0.2) is 11.6 Å². The molecule has 0 aliphatic rings. The summed E-state index contributed by atoms with van der Waals surface area (Å²) in [7, 11) is 0. The number of allylic oxidation sites excluding steroid dienone is 1. The molecule has 1 N–H and O–H groups in total. The van der Waals surface area contributed by atoms with E-state index in [0.29, 0.717) is 11.5 Å². The van der Waals surface area contributed by atoms with Gasteiger partial charge in [0.25, 0.3) is 0 Å². The van der Waals surface area contributed by atoms with Gasteiger partial charge in [-0.2, -0.15) is 0 Å². The maximum atomic E-state index is 10.4. The van der Waals surface area contributed by atoms with Crippen LogP contribution in [0.2, 0.25) is 0 Å². The van der Waals surface area contributed by atoms with Gasteiger partial charge in [-0.25, -0.2) is 4.79 Å². The van der Waals surface area contributed by atoms with Gasteiger partial charge in [-0.15, -0.1) is 0 Å². The Morgan fingerprint density at radius 3 is 2.25 bits per heavy atom. The van der Waals surface area contributed by atoms with Crippen molar-refractivity contribution in [1.82, 2.24) is 0 Å². The zero-order chi connectivity index (χ0) is 9.56. The van der Waals surface area contributed by atoms with E-state index >= 15 is 0 Å². The monoisotopic (exact) mass is 170 g/mol. The van der Waals surface area contributed by atoms with Gasteiger partial charge in [0.05, 0.1) is 0 Å². The number of aliphatic carboxylic acids is 1. The van der Waals surface area contributed by atoms with Crippen molar-refractivity contribution in [3.05, 3.63) is 11.6 Å². The molecule has 0 aromatic carbocycles. The van der Waals surface area contributed by atoms with Crippen molar-refractivity contribution < 1.29 is 9.90 Å². The molecule has 0 aliphatic heterocycles. The topological polar surface area (TPSA) is 37.3 Å². The summed E-state index contributed by atoms with van der Waals surface area (Å²) in [5.74, 6) is -0.166. The van der Waals surface area contributed by atoms with Gasteiger partial charge < -0.3 is 5.11 Å². The summed E-state index contributed by atoms with van der Waals surface area (Å²) in [6.07, 6.45) is 4.96. The molecule has 0 radical (unpaired) electrons. The molecule has 0 aromatic rings. The predicted molar refractivity (Wildman–Crippen MR) is 50.1 cm³/mol. The molecule has 70 valence electrons. The van der Waals surface area contributed by atoms with Crippen LogP contribution in [0.5, 0.6) is 0 Å². The fraction of sp³-hybridized carbons (Fsp3) is 0.700. The summed E-state index contributed by atoms with van der Waals surface area (Å²) in [5.41, 5.74) is 0.460. The highest BCUT2D eigenvalue weighted by atomic mass is 16.4. The Kier molecular flexibility index (Phi) is 5.43. The lowest BCUT2D eigenvalue weighted by Crippen LogP contribution is -1.99. The minimum atomic E-state index is -0.805. The second-order valence-corrected chi connectivity index (χ2v) is 3.11. The smallest absolute Gasteiger partial charge is 0.330 e. The number of carboxylic acid groups (broad SMARTS) is 1. The lowest BCUT2D eigenvalue weighted by Gasteiger charge is -2.08. The fourth-order valence-corrected chi connectivity index (χ4v) is 1.05. The van der Waals surface area contributed by atoms with Gasteiger partial charge >= 0.3 is 5.97 Å². The van der Waals surface area contributed by atoms with Gasteiger partial charge in [-0.3, -0.25) is 0 Å². The normalized spacial score (nSPS) is 12.2. The molecular weight excluding hydrogens is 152 g/mol. The third-order valence-corrected chi connectivity index (χ3v) is 2.25. The lowest BCUT2D eigenvalue weighted by atomic mass is 9.98. The average molecular weight is 170 g/mol. The largest absolute Gasteiger partial charge is 0.478 e. The quantitative estimate of drug-likeness (QED) is 0.644. The summed E-state index contributed by atoms with van der Waals surface area (Å²) in [6.45, 7) is 5.92. The molecule has 12 heavy (non-hydrogen) atoms. The van der Waals surface area contributed by atoms with E-state index in [1.807, 2.05) is 6.08 Å². The number of rotatable bonds is 5. The molecule has 0 atom stereocenters. The van der Waals surface area contributed by atoms with Gasteiger partial charge in [-0.1, -0.05) is 32.8 Å². The first-order valence-electron chi connectivity index (χ1n) is 4.51. The van der Waals surface area contributed by atoms with Gasteiger partial charge in [-0.05, 0) is 19.3 Å². The second-order valence-electron chi connectivity index (χ2n) is 3.11. The standard InChI is InChI=1S/C10H18O2/c1-4-9(5-2)7-6-8(3)10(11)12/h6,9H,4-5,7H2,1-3H3,(H,11,12). The highest BCUT2D eigenvalue weighted by Gasteiger charge is 2.03. The molecule has 0 fully saturated rings. The molecular formula is C10H18O2. The first kappa shape index (κ1) is 11.2. The van der Waals surface area contributed by atoms with E-state index in [-0.39, 0.29) is 0 Å². The van der Waals surface area contributed by atoms with Crippen molar-refractivity contribution in [2.24, 2.45) is 5.92 Å². The number of carbonyl (C=O) groups is 1. The summed E-state index contributed by atoms with van der Waals surface area (Å²) in [4.78, 5) is 10.4. The van der Waals surface area contributed by atoms with Crippen molar-refractivity contribution in [3.63, 3.8) is 0 Å². The molecule has 0 amide bonds. The van der Waals surface area contributed by atoms with E-state index in [0.717, 1.165) is 19.3 Å². The maximum absolute atomic E-state index is 10.4. The summed E-state index contributed by atoms with van der Waals surface area (Å²) < 4.78 is 0. The van der Waals surface area contributed by atoms with Crippen LogP contribution in [0, 0.1) is 5.92 Å². The maximum Gasteiger partial charge on any atom is 0.330 e. The molecule has 0 spiro atoms. The molecule has 0 saturated heterocycles. The van der Waals surface area contributed by atoms with Gasteiger partial charge in [0.2, 0.25) is 0 Å². The van der Waals surface area contributed by atoms with Crippen LogP contribution in [-0.4, -0.2) is 11.1 Å². The number of hydrogen-bond acceptors (Lipinski definition) is 1. The van der Waals surface area contributed by atoms with Crippen LogP contribution in [-0.2, 0) is 4.79 Å². The summed E-state index contributed by atoms with van der Waals surface area (Å²) in [6, 6.07) is 0. The van der Waals surface area contributed by atoms with E-state index in [1.165, 1.54) is 0 Å². The number of hydrogen-bond donors (Lipinski definition) is 1. The molecule has 0 heterocycles. The Morgan fingerprint density at radius 2 is 1.92 bits per heavy atom. The van der Waals surface area contributed by atoms with Crippen LogP contribution in [0.25, 0.3) is 0 Å². The first-order chi connectivity index (χ1) is 5.61. The Hall–Kier alpha value is -0.790. The van der Waals surface area contributed by atoms with Crippen LogP contribution in [0.4, 0.5) is 0 Å². The van der Waals surface area contributed by atoms with Gasteiger partial charge in [0, 0.05) is 5.57 Å². The second kappa shape index (κ2) is 5.81. The van der Waals surface area contributed by atoms with Crippen molar-refractivity contribution in [2.45, 2.75) is 40.0 Å². The zero-order valence-electron chi connectivity index (χ0n) is 8.13. The van der Waals surface area contributed by atoms with E-state index in [9.17, 15) is 4.79 Å². The molecule has 0 rings (SSSR count). The third-order valence-electron chi connectivity index (χ3n) is 2.25. The van der Waals surface area contributed by atoms with E-state index in [1.54, 1.807) is 6.92 Å².